The van der Waals surface area contributed by atoms with Crippen molar-refractivity contribution in [3.05, 3.63) is 58.5 Å². The van der Waals surface area contributed by atoms with Crippen molar-refractivity contribution < 1.29 is 42.9 Å². The molecule has 1 aromatic carbocycles. The highest BCUT2D eigenvalue weighted by molar-refractivity contribution is 7.47. The van der Waals surface area contributed by atoms with Gasteiger partial charge >= 0.3 is 7.82 Å². The molecule has 0 aliphatic heterocycles. The Hall–Kier alpha value is -3.34. The number of hydrogen-bond donors (Lipinski definition) is 4. The van der Waals surface area contributed by atoms with Crippen LogP contribution in [0.25, 0.3) is 5.52 Å². The van der Waals surface area contributed by atoms with Gasteiger partial charge in [-0.3, -0.25) is 9.05 Å². The van der Waals surface area contributed by atoms with E-state index in [9.17, 15) is 30.2 Å². The van der Waals surface area contributed by atoms with E-state index in [4.69, 9.17) is 40.6 Å². The summed E-state index contributed by atoms with van der Waals surface area (Å²) in [5.74, 6) is 0.137. The molecule has 2 aromatic heterocycles. The molecule has 0 saturated carbocycles. The van der Waals surface area contributed by atoms with Gasteiger partial charge in [0, 0.05) is 6.61 Å². The van der Waals surface area contributed by atoms with Crippen LogP contribution in [0.15, 0.2) is 36.7 Å². The van der Waals surface area contributed by atoms with E-state index in [-0.39, 0.29) is 29.7 Å². The fourth-order valence-electron chi connectivity index (χ4n) is 6.29. The molecule has 3 rings (SSSR count). The number of benzene rings is 1. The van der Waals surface area contributed by atoms with Gasteiger partial charge < -0.3 is 35.1 Å². The monoisotopic (exact) mass is 834 g/mol. The Kier molecular flexibility index (Phi) is 23.1. The maximum Gasteiger partial charge on any atom is 0.472 e. The number of halogens is 1. The number of aliphatic hydroxyl groups excluding tert-OH is 2. The molecule has 57 heavy (non-hydrogen) atoms. The Balaban J connectivity index is 1.42. The second kappa shape index (κ2) is 27.4. The Morgan fingerprint density at radius 1 is 0.877 bits per heavy atom. The quantitative estimate of drug-likeness (QED) is 0.0265. The Bertz CT molecular complexity index is 1720. The van der Waals surface area contributed by atoms with Gasteiger partial charge in [-0.25, -0.2) is 14.1 Å². The van der Waals surface area contributed by atoms with Crippen LogP contribution in [0, 0.1) is 22.8 Å². The number of aromatic nitrogens is 3. The van der Waals surface area contributed by atoms with Crippen LogP contribution >= 0.6 is 19.4 Å². The second-order valence-electron chi connectivity index (χ2n) is 14.2. The molecular weight excluding hydrogens is 775 g/mol. The highest BCUT2D eigenvalue weighted by Gasteiger charge is 2.35. The van der Waals surface area contributed by atoms with Crippen molar-refractivity contribution in [2.45, 2.75) is 141 Å². The van der Waals surface area contributed by atoms with E-state index >= 15 is 0 Å². The molecule has 5 N–H and O–H groups in total. The number of rotatable bonds is 32. The maximum absolute atomic E-state index is 12.9. The largest absolute Gasteiger partial charge is 0.472 e. The first-order chi connectivity index (χ1) is 27.6. The van der Waals surface area contributed by atoms with Crippen molar-refractivity contribution in [2.24, 2.45) is 0 Å². The second-order valence-corrected chi connectivity index (χ2v) is 16.0. The number of ether oxygens (including phenoxy) is 3. The third-order valence-electron chi connectivity index (χ3n) is 9.63. The van der Waals surface area contributed by atoms with E-state index in [1.165, 1.54) is 113 Å². The first-order valence-corrected chi connectivity index (χ1v) is 22.0. The standard InChI is InChI=1S/C40H60ClN6O9P/c1-2-3-4-5-6-7-8-9-10-11-12-13-14-15-16-17-22-52-26-33(53-25-31-18-19-32(24-42)34(41)23-31)27-55-57(50,51)56-28-37(54-29-43)39(49)38(48)35-20-21-36-40(44)45-30-46-47(35)36/h18-21,23,30,33,37-39,48-49H,2-17,22,25-28H2,1H3,(H,50,51)(H2,44,45,46)/t33-,37-,38+,39-/m1/s1. The van der Waals surface area contributed by atoms with E-state index in [2.05, 4.69) is 17.0 Å². The summed E-state index contributed by atoms with van der Waals surface area (Å²) in [6.45, 7) is 1.60. The number of phosphoric acid groups is 1. The van der Waals surface area contributed by atoms with Crippen molar-refractivity contribution in [3.8, 4) is 12.3 Å². The molecule has 0 saturated heterocycles. The number of nitrogens with two attached hydrogens (primary N) is 1. The van der Waals surface area contributed by atoms with Crippen molar-refractivity contribution >= 4 is 30.8 Å². The molecule has 1 unspecified atom stereocenters. The molecule has 17 heteroatoms. The smallest absolute Gasteiger partial charge is 0.419 e. The number of phosphoric ester groups is 1. The van der Waals surface area contributed by atoms with Gasteiger partial charge in [0.25, 0.3) is 6.26 Å². The lowest BCUT2D eigenvalue weighted by atomic mass is 10.0. The predicted molar refractivity (Wildman–Crippen MR) is 216 cm³/mol. The van der Waals surface area contributed by atoms with Gasteiger partial charge in [0.15, 0.2) is 11.9 Å². The molecule has 0 aliphatic carbocycles. The minimum atomic E-state index is -4.81. The summed E-state index contributed by atoms with van der Waals surface area (Å²) in [6, 6.07) is 9.85. The number of nitrogen functional groups attached to an aromatic ring is 1. The fraction of sp³-hybridized carbons (Fsp3) is 0.650. The Morgan fingerprint density at radius 3 is 2.09 bits per heavy atom. The number of anilines is 1. The minimum Gasteiger partial charge on any atom is -0.419 e. The average molecular weight is 835 g/mol. The highest BCUT2D eigenvalue weighted by Crippen LogP contribution is 2.44. The van der Waals surface area contributed by atoms with Crippen LogP contribution in [-0.4, -0.2) is 74.4 Å². The normalized spacial score (nSPS) is 14.7. The predicted octanol–water partition coefficient (Wildman–Crippen LogP) is 8.09. The van der Waals surface area contributed by atoms with Crippen molar-refractivity contribution in [1.82, 2.24) is 14.6 Å². The summed E-state index contributed by atoms with van der Waals surface area (Å²) in [5.41, 5.74) is 7.30. The average Bonchev–Trinajstić information content (AvgIpc) is 3.64. The molecule has 0 bridgehead atoms. The molecule has 316 valence electrons. The third-order valence-corrected chi connectivity index (χ3v) is 10.9. The van der Waals surface area contributed by atoms with Crippen molar-refractivity contribution in [3.63, 3.8) is 0 Å². The van der Waals surface area contributed by atoms with Gasteiger partial charge in [0.05, 0.1) is 42.7 Å². The highest BCUT2D eigenvalue weighted by atomic mass is 35.5. The van der Waals surface area contributed by atoms with E-state index in [0.717, 1.165) is 19.3 Å². The molecule has 0 aliphatic rings. The van der Waals surface area contributed by atoms with Gasteiger partial charge in [-0.1, -0.05) is 121 Å². The zero-order valence-electron chi connectivity index (χ0n) is 33.1. The van der Waals surface area contributed by atoms with Crippen LogP contribution in [0.4, 0.5) is 5.82 Å². The number of nitriles is 2. The molecule has 0 fully saturated rings. The lowest BCUT2D eigenvalue weighted by Crippen LogP contribution is -2.37. The third kappa shape index (κ3) is 18.0. The SMILES string of the molecule is CCCCCCCCCCCCCCCCCCOC[C@H](COP(=O)(O)OC[C@@H](OC#N)[C@@H](O)[C@@H](O)c1ccc2c(N)ncnn12)OCc1ccc(C#N)c(Cl)c1. The van der Waals surface area contributed by atoms with Gasteiger partial charge in [-0.2, -0.15) is 15.6 Å². The van der Waals surface area contributed by atoms with Crippen LogP contribution in [0.2, 0.25) is 5.02 Å². The maximum atomic E-state index is 12.9. The van der Waals surface area contributed by atoms with Gasteiger partial charge in [-0.05, 0) is 36.2 Å². The molecule has 15 nitrogen and oxygen atoms in total. The fourth-order valence-corrected chi connectivity index (χ4v) is 7.30. The lowest BCUT2D eigenvalue weighted by molar-refractivity contribution is -0.0821. The van der Waals surface area contributed by atoms with Crippen LogP contribution < -0.4 is 5.73 Å². The molecule has 0 amide bonds. The number of hydrogen-bond acceptors (Lipinski definition) is 13. The topological polar surface area (TPSA) is 228 Å². The molecular formula is C40H60ClN6O9P. The molecule has 5 atom stereocenters. The molecule has 2 heterocycles. The van der Waals surface area contributed by atoms with E-state index in [1.807, 2.05) is 6.07 Å². The van der Waals surface area contributed by atoms with Crippen LogP contribution in [0.3, 0.4) is 0 Å². The molecule has 0 radical (unpaired) electrons. The number of unbranched alkanes of at least 4 members (excludes halogenated alkanes) is 15. The Morgan fingerprint density at radius 2 is 1.49 bits per heavy atom. The zero-order valence-corrected chi connectivity index (χ0v) is 34.7. The first kappa shape index (κ1) is 48.0. The van der Waals surface area contributed by atoms with Crippen molar-refractivity contribution in [2.75, 3.05) is 32.2 Å². The zero-order chi connectivity index (χ0) is 41.3. The number of aliphatic hydroxyl groups is 2. The van der Waals surface area contributed by atoms with E-state index in [1.54, 1.807) is 18.2 Å². The van der Waals surface area contributed by atoms with Gasteiger partial charge in [0.2, 0.25) is 0 Å². The van der Waals surface area contributed by atoms with Crippen LogP contribution in [0.1, 0.15) is 133 Å². The summed E-state index contributed by atoms with van der Waals surface area (Å²) in [7, 11) is -4.81. The minimum absolute atomic E-state index is 0.0472. The van der Waals surface area contributed by atoms with E-state index in [0.29, 0.717) is 23.3 Å². The molecule has 0 spiro atoms. The summed E-state index contributed by atoms with van der Waals surface area (Å²) in [4.78, 5) is 14.4. The number of fused-ring (bicyclic) bond motifs is 1. The van der Waals surface area contributed by atoms with E-state index < -0.39 is 45.5 Å². The van der Waals surface area contributed by atoms with Crippen LogP contribution in [-0.2, 0) is 34.4 Å². The molecule has 3 aromatic rings. The lowest BCUT2D eigenvalue weighted by Gasteiger charge is -2.25. The summed E-state index contributed by atoms with van der Waals surface area (Å²) in [6.07, 6.45) is 17.0. The summed E-state index contributed by atoms with van der Waals surface area (Å²) < 4.78 is 41.2. The van der Waals surface area contributed by atoms with Crippen LogP contribution in [0.5, 0.6) is 0 Å². The summed E-state index contributed by atoms with van der Waals surface area (Å²) >= 11 is 6.18. The first-order valence-electron chi connectivity index (χ1n) is 20.1. The van der Waals surface area contributed by atoms with Crippen molar-refractivity contribution in [1.29, 1.82) is 10.5 Å². The van der Waals surface area contributed by atoms with Gasteiger partial charge in [0.1, 0.15) is 36.2 Å². The summed E-state index contributed by atoms with van der Waals surface area (Å²) in [5, 5.41) is 44.4. The number of nitrogens with zero attached hydrogens (tertiary/aromatic N) is 5. The Labute approximate surface area is 341 Å². The van der Waals surface area contributed by atoms with Gasteiger partial charge in [-0.15, -0.1) is 0 Å².